The average Bonchev–Trinajstić information content (AvgIpc) is 2.98. The highest BCUT2D eigenvalue weighted by atomic mass is 32.1. The van der Waals surface area contributed by atoms with Crippen molar-refractivity contribution < 1.29 is 9.90 Å². The van der Waals surface area contributed by atoms with Gasteiger partial charge in [0, 0.05) is 29.6 Å². The molecule has 1 saturated carbocycles. The molecule has 0 unspecified atom stereocenters. The Morgan fingerprint density at radius 2 is 2.04 bits per heavy atom. The molecule has 0 spiro atoms. The Kier molecular flexibility index (Phi) is 5.35. The molecule has 6 heteroatoms. The molecule has 1 aromatic heterocycles. The van der Waals surface area contributed by atoms with Crippen LogP contribution in [0.2, 0.25) is 0 Å². The summed E-state index contributed by atoms with van der Waals surface area (Å²) in [5, 5.41) is 17.3. The van der Waals surface area contributed by atoms with Gasteiger partial charge in [0.25, 0.3) is 0 Å². The van der Waals surface area contributed by atoms with E-state index < -0.39 is 12.0 Å². The fourth-order valence-corrected chi connectivity index (χ4v) is 3.66. The topological polar surface area (TPSA) is 77.1 Å². The van der Waals surface area contributed by atoms with E-state index in [0.717, 1.165) is 29.3 Å². The van der Waals surface area contributed by atoms with Crippen molar-refractivity contribution in [3.63, 3.8) is 0 Å². The molecule has 0 saturated heterocycles. The largest absolute Gasteiger partial charge is 0.480 e. The number of aliphatic carboxylic acids is 1. The van der Waals surface area contributed by atoms with Gasteiger partial charge < -0.3 is 20.7 Å². The van der Waals surface area contributed by atoms with Gasteiger partial charge >= 0.3 is 5.97 Å². The number of hydrogen-bond acceptors (Lipinski definition) is 2. The summed E-state index contributed by atoms with van der Waals surface area (Å²) in [6.45, 7) is 0. The van der Waals surface area contributed by atoms with Crippen molar-refractivity contribution in [3.05, 3.63) is 36.0 Å². The van der Waals surface area contributed by atoms with Gasteiger partial charge in [-0.05, 0) is 36.7 Å². The van der Waals surface area contributed by atoms with Crippen molar-refractivity contribution in [1.29, 1.82) is 0 Å². The summed E-state index contributed by atoms with van der Waals surface area (Å²) in [6.07, 6.45) is 8.14. The third-order valence-electron chi connectivity index (χ3n) is 4.64. The maximum absolute atomic E-state index is 11.6. The molecule has 0 bridgehead atoms. The van der Waals surface area contributed by atoms with E-state index in [4.69, 9.17) is 12.2 Å². The van der Waals surface area contributed by atoms with Crippen LogP contribution in [0.25, 0.3) is 10.9 Å². The van der Waals surface area contributed by atoms with Gasteiger partial charge in [-0.3, -0.25) is 0 Å². The first-order chi connectivity index (χ1) is 11.6. The maximum Gasteiger partial charge on any atom is 0.326 e. The van der Waals surface area contributed by atoms with E-state index >= 15 is 0 Å². The average molecular weight is 345 g/mol. The zero-order valence-electron chi connectivity index (χ0n) is 13.5. The molecule has 1 aliphatic rings. The monoisotopic (exact) mass is 345 g/mol. The minimum Gasteiger partial charge on any atom is -0.480 e. The smallest absolute Gasteiger partial charge is 0.326 e. The number of carboxylic acids is 1. The molecule has 0 aliphatic heterocycles. The summed E-state index contributed by atoms with van der Waals surface area (Å²) in [5.74, 6) is -0.895. The Morgan fingerprint density at radius 1 is 1.29 bits per heavy atom. The van der Waals surface area contributed by atoms with E-state index in [2.05, 4.69) is 15.6 Å². The number of aromatic nitrogens is 1. The number of rotatable bonds is 5. The van der Waals surface area contributed by atoms with Crippen molar-refractivity contribution in [1.82, 2.24) is 15.6 Å². The van der Waals surface area contributed by atoms with Crippen LogP contribution in [0.1, 0.15) is 37.7 Å². The zero-order chi connectivity index (χ0) is 16.9. The summed E-state index contributed by atoms with van der Waals surface area (Å²) >= 11 is 5.33. The summed E-state index contributed by atoms with van der Waals surface area (Å²) in [7, 11) is 0. The molecule has 0 amide bonds. The molecule has 1 aliphatic carbocycles. The van der Waals surface area contributed by atoms with E-state index in [1.807, 2.05) is 30.5 Å². The van der Waals surface area contributed by atoms with Crippen molar-refractivity contribution >= 4 is 34.2 Å². The van der Waals surface area contributed by atoms with Gasteiger partial charge in [-0.2, -0.15) is 0 Å². The van der Waals surface area contributed by atoms with Gasteiger partial charge in [0.2, 0.25) is 0 Å². The molecule has 3 rings (SSSR count). The molecule has 1 heterocycles. The summed E-state index contributed by atoms with van der Waals surface area (Å²) in [4.78, 5) is 14.8. The standard InChI is InChI=1S/C18H23N3O2S/c22-17(23)16(21-18(24)20-13-6-2-1-3-7-13)10-12-11-19-15-9-5-4-8-14(12)15/h4-5,8-9,11,13,16,19H,1-3,6-7,10H2,(H,22,23)(H2,20,21,24)/t16-/m0/s1. The van der Waals surface area contributed by atoms with Gasteiger partial charge in [-0.15, -0.1) is 0 Å². The highest BCUT2D eigenvalue weighted by Gasteiger charge is 2.22. The quantitative estimate of drug-likeness (QED) is 0.627. The van der Waals surface area contributed by atoms with Crippen LogP contribution in [0.4, 0.5) is 0 Å². The Morgan fingerprint density at radius 3 is 2.79 bits per heavy atom. The number of para-hydroxylation sites is 1. The number of carboxylic acid groups (broad SMARTS) is 1. The molecule has 1 aromatic carbocycles. The van der Waals surface area contributed by atoms with Gasteiger partial charge in [0.05, 0.1) is 0 Å². The van der Waals surface area contributed by atoms with Crippen LogP contribution in [0, 0.1) is 0 Å². The number of fused-ring (bicyclic) bond motifs is 1. The number of nitrogens with one attached hydrogen (secondary N) is 3. The number of H-pyrrole nitrogens is 1. The summed E-state index contributed by atoms with van der Waals surface area (Å²) in [6, 6.07) is 7.52. The SMILES string of the molecule is O=C(O)[C@H](Cc1c[nH]c2ccccc12)NC(=S)NC1CCCCC1. The fraction of sp³-hybridized carbons (Fsp3) is 0.444. The summed E-state index contributed by atoms with van der Waals surface area (Å²) in [5.41, 5.74) is 1.99. The second-order valence-electron chi connectivity index (χ2n) is 6.41. The van der Waals surface area contributed by atoms with Crippen molar-refractivity contribution in [2.45, 2.75) is 50.6 Å². The van der Waals surface area contributed by atoms with Crippen LogP contribution >= 0.6 is 12.2 Å². The van der Waals surface area contributed by atoms with Crippen LogP contribution < -0.4 is 10.6 Å². The molecule has 1 atom stereocenters. The van der Waals surface area contributed by atoms with Crippen molar-refractivity contribution in [2.75, 3.05) is 0 Å². The van der Waals surface area contributed by atoms with Crippen LogP contribution in [-0.4, -0.2) is 33.3 Å². The maximum atomic E-state index is 11.6. The molecule has 0 radical (unpaired) electrons. The molecule has 128 valence electrons. The highest BCUT2D eigenvalue weighted by molar-refractivity contribution is 7.80. The zero-order valence-corrected chi connectivity index (χ0v) is 14.4. The summed E-state index contributed by atoms with van der Waals surface area (Å²) < 4.78 is 0. The minimum absolute atomic E-state index is 0.362. The van der Waals surface area contributed by atoms with E-state index in [1.165, 1.54) is 19.3 Å². The third-order valence-corrected chi connectivity index (χ3v) is 4.88. The Bertz CT molecular complexity index is 722. The fourth-order valence-electron chi connectivity index (χ4n) is 3.35. The molecule has 24 heavy (non-hydrogen) atoms. The number of thiocarbonyl (C=S) groups is 1. The minimum atomic E-state index is -0.895. The van der Waals surface area contributed by atoms with Crippen molar-refractivity contribution in [3.8, 4) is 0 Å². The van der Waals surface area contributed by atoms with Gasteiger partial charge in [0.15, 0.2) is 5.11 Å². The molecular weight excluding hydrogens is 322 g/mol. The highest BCUT2D eigenvalue weighted by Crippen LogP contribution is 2.19. The second kappa shape index (κ2) is 7.66. The van der Waals surface area contributed by atoms with E-state index in [0.29, 0.717) is 17.6 Å². The number of carbonyl (C=O) groups is 1. The first-order valence-electron chi connectivity index (χ1n) is 8.48. The van der Waals surface area contributed by atoms with Gasteiger partial charge in [0.1, 0.15) is 6.04 Å². The van der Waals surface area contributed by atoms with Crippen molar-refractivity contribution in [2.24, 2.45) is 0 Å². The van der Waals surface area contributed by atoms with Crippen LogP contribution in [0.3, 0.4) is 0 Å². The third kappa shape index (κ3) is 4.06. The Balaban J connectivity index is 1.64. The first kappa shape index (κ1) is 16.8. The van der Waals surface area contributed by atoms with Gasteiger partial charge in [-0.1, -0.05) is 37.5 Å². The van der Waals surface area contributed by atoms with Crippen LogP contribution in [0.5, 0.6) is 0 Å². The predicted octanol–water partition coefficient (Wildman–Crippen LogP) is 2.96. The molecule has 4 N–H and O–H groups in total. The lowest BCUT2D eigenvalue weighted by molar-refractivity contribution is -0.139. The molecular formula is C18H23N3O2S. The number of benzene rings is 1. The second-order valence-corrected chi connectivity index (χ2v) is 6.82. The van der Waals surface area contributed by atoms with Gasteiger partial charge in [-0.25, -0.2) is 4.79 Å². The van der Waals surface area contributed by atoms with Crippen LogP contribution in [0.15, 0.2) is 30.5 Å². The van der Waals surface area contributed by atoms with E-state index in [9.17, 15) is 9.90 Å². The van der Waals surface area contributed by atoms with Crippen LogP contribution in [-0.2, 0) is 11.2 Å². The lowest BCUT2D eigenvalue weighted by Crippen LogP contribution is -2.50. The van der Waals surface area contributed by atoms with E-state index in [-0.39, 0.29) is 0 Å². The predicted molar refractivity (Wildman–Crippen MR) is 99.2 cm³/mol. The lowest BCUT2D eigenvalue weighted by Gasteiger charge is -2.25. The molecule has 2 aromatic rings. The van der Waals surface area contributed by atoms with E-state index in [1.54, 1.807) is 0 Å². The number of hydrogen-bond donors (Lipinski definition) is 4. The molecule has 1 fully saturated rings. The lowest BCUT2D eigenvalue weighted by atomic mass is 9.96. The Hall–Kier alpha value is -2.08. The number of aromatic amines is 1. The first-order valence-corrected chi connectivity index (χ1v) is 8.89. The Labute approximate surface area is 146 Å². The molecule has 5 nitrogen and oxygen atoms in total. The normalized spacial score (nSPS) is 16.7.